The molecule has 0 bridgehead atoms. The minimum Gasteiger partial charge on any atom is -0.497 e. The summed E-state index contributed by atoms with van der Waals surface area (Å²) in [7, 11) is 1.62. The Kier molecular flexibility index (Phi) is 6.94. The van der Waals surface area contributed by atoms with Crippen LogP contribution in [-0.4, -0.2) is 50.2 Å². The van der Waals surface area contributed by atoms with E-state index >= 15 is 0 Å². The number of nitro groups is 1. The number of ether oxygens (including phenoxy) is 1. The van der Waals surface area contributed by atoms with Crippen LogP contribution in [0.4, 0.5) is 21.5 Å². The molecule has 1 saturated heterocycles. The van der Waals surface area contributed by atoms with Crippen molar-refractivity contribution < 1.29 is 18.8 Å². The topological polar surface area (TPSA) is 87.9 Å². The standard InChI is InChI=1S/C28H29FN4O4/c1-37-22-9-6-19(7-10-22)12-13-30-28(34)23-17-20-16-21(33(35)36)8-11-25(20)32-15-14-31(18-27(23)32)26-5-3-2-4-24(26)29/h2-11,16,23,27H,12-15,17-18H2,1H3,(H,30,34)/t23-,27+/m0/s1. The minimum atomic E-state index is -0.431. The van der Waals surface area contributed by atoms with Gasteiger partial charge in [-0.3, -0.25) is 14.9 Å². The average molecular weight is 505 g/mol. The first-order valence-corrected chi connectivity index (χ1v) is 12.4. The number of anilines is 2. The van der Waals surface area contributed by atoms with Gasteiger partial charge < -0.3 is 19.9 Å². The lowest BCUT2D eigenvalue weighted by Crippen LogP contribution is -2.61. The van der Waals surface area contributed by atoms with Crippen molar-refractivity contribution in [2.75, 3.05) is 43.1 Å². The second kappa shape index (κ2) is 10.5. The Morgan fingerprint density at radius 2 is 1.89 bits per heavy atom. The molecule has 2 heterocycles. The van der Waals surface area contributed by atoms with Crippen LogP contribution in [0.3, 0.4) is 0 Å². The molecule has 0 spiro atoms. The lowest BCUT2D eigenvalue weighted by molar-refractivity contribution is -0.384. The predicted octanol–water partition coefficient (Wildman–Crippen LogP) is 3.97. The van der Waals surface area contributed by atoms with E-state index in [1.807, 2.05) is 35.2 Å². The van der Waals surface area contributed by atoms with Gasteiger partial charge in [-0.15, -0.1) is 0 Å². The first kappa shape index (κ1) is 24.5. The van der Waals surface area contributed by atoms with E-state index in [2.05, 4.69) is 10.2 Å². The number of nitrogens with zero attached hydrogens (tertiary/aromatic N) is 3. The molecule has 0 radical (unpaired) electrons. The number of halogens is 1. The molecule has 2 aliphatic rings. The largest absolute Gasteiger partial charge is 0.497 e. The van der Waals surface area contributed by atoms with Gasteiger partial charge in [-0.25, -0.2) is 4.39 Å². The summed E-state index contributed by atoms with van der Waals surface area (Å²) in [6.07, 6.45) is 1.05. The Morgan fingerprint density at radius 3 is 2.62 bits per heavy atom. The molecule has 9 heteroatoms. The van der Waals surface area contributed by atoms with Gasteiger partial charge in [0.1, 0.15) is 11.6 Å². The van der Waals surface area contributed by atoms with Crippen LogP contribution in [-0.2, 0) is 17.6 Å². The number of fused-ring (bicyclic) bond motifs is 3. The molecule has 3 aromatic carbocycles. The van der Waals surface area contributed by atoms with Gasteiger partial charge in [-0.2, -0.15) is 0 Å². The number of benzene rings is 3. The number of piperazine rings is 1. The van der Waals surface area contributed by atoms with Gasteiger partial charge in [0.2, 0.25) is 5.91 Å². The first-order chi connectivity index (χ1) is 17.9. The number of hydrogen-bond donors (Lipinski definition) is 1. The fourth-order valence-electron chi connectivity index (χ4n) is 5.40. The number of amides is 1. The third kappa shape index (κ3) is 5.07. The van der Waals surface area contributed by atoms with Gasteiger partial charge in [-0.1, -0.05) is 24.3 Å². The van der Waals surface area contributed by atoms with Crippen molar-refractivity contribution in [1.82, 2.24) is 5.32 Å². The summed E-state index contributed by atoms with van der Waals surface area (Å²) >= 11 is 0. The normalized spacial score (nSPS) is 18.5. The Morgan fingerprint density at radius 1 is 1.11 bits per heavy atom. The maximum atomic E-state index is 14.6. The zero-order valence-corrected chi connectivity index (χ0v) is 20.6. The lowest BCUT2D eigenvalue weighted by Gasteiger charge is -2.49. The monoisotopic (exact) mass is 504 g/mol. The zero-order chi connectivity index (χ0) is 25.9. The van der Waals surface area contributed by atoms with Crippen LogP contribution in [0.2, 0.25) is 0 Å². The van der Waals surface area contributed by atoms with Gasteiger partial charge in [-0.05, 0) is 54.3 Å². The average Bonchev–Trinajstić information content (AvgIpc) is 2.92. The highest BCUT2D eigenvalue weighted by Crippen LogP contribution is 2.39. The Bertz CT molecular complexity index is 1300. The Hall–Kier alpha value is -4.14. The maximum Gasteiger partial charge on any atom is 0.269 e. The quantitative estimate of drug-likeness (QED) is 0.387. The van der Waals surface area contributed by atoms with Crippen LogP contribution < -0.4 is 19.9 Å². The van der Waals surface area contributed by atoms with Gasteiger partial charge in [0, 0.05) is 44.0 Å². The molecule has 1 amide bonds. The smallest absolute Gasteiger partial charge is 0.269 e. The number of nitrogens with one attached hydrogen (secondary N) is 1. The Labute approximate surface area is 214 Å². The first-order valence-electron chi connectivity index (χ1n) is 12.4. The molecular formula is C28H29FN4O4. The fourth-order valence-corrected chi connectivity index (χ4v) is 5.40. The van der Waals surface area contributed by atoms with E-state index in [1.165, 1.54) is 12.1 Å². The molecule has 192 valence electrons. The van der Waals surface area contributed by atoms with E-state index in [0.717, 1.165) is 22.6 Å². The molecule has 1 fully saturated rings. The lowest BCUT2D eigenvalue weighted by atomic mass is 9.83. The van der Waals surface area contributed by atoms with E-state index in [0.29, 0.717) is 44.7 Å². The van der Waals surface area contributed by atoms with Crippen molar-refractivity contribution in [2.24, 2.45) is 5.92 Å². The molecule has 8 nitrogen and oxygen atoms in total. The van der Waals surface area contributed by atoms with Crippen LogP contribution in [0.5, 0.6) is 5.75 Å². The molecule has 0 aliphatic carbocycles. The van der Waals surface area contributed by atoms with E-state index in [4.69, 9.17) is 4.74 Å². The molecular weight excluding hydrogens is 475 g/mol. The number of para-hydroxylation sites is 1. The number of methoxy groups -OCH3 is 1. The van der Waals surface area contributed by atoms with Crippen LogP contribution in [0.15, 0.2) is 66.7 Å². The van der Waals surface area contributed by atoms with Crippen molar-refractivity contribution in [1.29, 1.82) is 0 Å². The molecule has 3 aromatic rings. The van der Waals surface area contributed by atoms with Crippen molar-refractivity contribution in [3.05, 3.63) is 93.8 Å². The molecule has 2 aliphatic heterocycles. The highest BCUT2D eigenvalue weighted by molar-refractivity contribution is 5.82. The van der Waals surface area contributed by atoms with Crippen LogP contribution in [0, 0.1) is 21.8 Å². The van der Waals surface area contributed by atoms with Crippen molar-refractivity contribution in [2.45, 2.75) is 18.9 Å². The minimum absolute atomic E-state index is 0.0147. The highest BCUT2D eigenvalue weighted by Gasteiger charge is 2.42. The third-order valence-electron chi connectivity index (χ3n) is 7.31. The molecule has 1 N–H and O–H groups in total. The van der Waals surface area contributed by atoms with Crippen LogP contribution in [0.25, 0.3) is 0 Å². The Balaban J connectivity index is 1.37. The SMILES string of the molecule is COc1ccc(CCNC(=O)[C@H]2Cc3cc([N+](=O)[O-])ccc3N3CCN(c4ccccc4F)C[C@H]23)cc1. The summed E-state index contributed by atoms with van der Waals surface area (Å²) in [5.74, 6) is -0.0428. The summed E-state index contributed by atoms with van der Waals surface area (Å²) in [5, 5.41) is 14.5. The number of carbonyl (C=O) groups is 1. The third-order valence-corrected chi connectivity index (χ3v) is 7.31. The molecule has 37 heavy (non-hydrogen) atoms. The van der Waals surface area contributed by atoms with E-state index < -0.39 is 10.8 Å². The summed E-state index contributed by atoms with van der Waals surface area (Å²) in [6.45, 7) is 2.11. The van der Waals surface area contributed by atoms with Crippen molar-refractivity contribution in [3.63, 3.8) is 0 Å². The van der Waals surface area contributed by atoms with E-state index in [-0.39, 0.29) is 23.5 Å². The maximum absolute atomic E-state index is 14.6. The molecule has 0 aromatic heterocycles. The number of non-ortho nitro benzene ring substituents is 1. The summed E-state index contributed by atoms with van der Waals surface area (Å²) < 4.78 is 19.8. The number of rotatable bonds is 7. The molecule has 0 unspecified atom stereocenters. The number of hydrogen-bond acceptors (Lipinski definition) is 6. The van der Waals surface area contributed by atoms with Gasteiger partial charge in [0.25, 0.3) is 5.69 Å². The van der Waals surface area contributed by atoms with E-state index in [1.54, 1.807) is 31.4 Å². The number of carbonyl (C=O) groups excluding carboxylic acids is 1. The summed E-state index contributed by atoms with van der Waals surface area (Å²) in [6, 6.07) is 19.1. The summed E-state index contributed by atoms with van der Waals surface area (Å²) in [4.78, 5) is 28.6. The highest BCUT2D eigenvalue weighted by atomic mass is 19.1. The molecule has 2 atom stereocenters. The van der Waals surface area contributed by atoms with Crippen LogP contribution in [0.1, 0.15) is 11.1 Å². The number of nitro benzene ring substituents is 1. The van der Waals surface area contributed by atoms with Gasteiger partial charge in [0.05, 0.1) is 29.7 Å². The summed E-state index contributed by atoms with van der Waals surface area (Å²) in [5.41, 5.74) is 3.32. The molecule has 0 saturated carbocycles. The van der Waals surface area contributed by atoms with Crippen molar-refractivity contribution >= 4 is 23.0 Å². The molecule has 5 rings (SSSR count). The predicted molar refractivity (Wildman–Crippen MR) is 140 cm³/mol. The van der Waals surface area contributed by atoms with E-state index in [9.17, 15) is 19.3 Å². The van der Waals surface area contributed by atoms with Crippen LogP contribution >= 0.6 is 0 Å². The van der Waals surface area contributed by atoms with Crippen molar-refractivity contribution in [3.8, 4) is 5.75 Å². The fraction of sp³-hybridized carbons (Fsp3) is 0.321. The van der Waals surface area contributed by atoms with Gasteiger partial charge in [0.15, 0.2) is 0 Å². The zero-order valence-electron chi connectivity index (χ0n) is 20.6. The second-order valence-electron chi connectivity index (χ2n) is 9.43. The second-order valence-corrected chi connectivity index (χ2v) is 9.43. The van der Waals surface area contributed by atoms with Gasteiger partial charge >= 0.3 is 0 Å².